The first kappa shape index (κ1) is 14.0. The summed E-state index contributed by atoms with van der Waals surface area (Å²) in [6.45, 7) is 7.01. The zero-order valence-corrected chi connectivity index (χ0v) is 11.5. The van der Waals surface area contributed by atoms with Crippen LogP contribution in [-0.2, 0) is 6.54 Å². The third-order valence-corrected chi connectivity index (χ3v) is 3.09. The van der Waals surface area contributed by atoms with Gasteiger partial charge in [-0.25, -0.2) is 9.37 Å². The molecule has 2 aromatic rings. The predicted octanol–water partition coefficient (Wildman–Crippen LogP) is 2.29. The van der Waals surface area contributed by atoms with E-state index in [4.69, 9.17) is 0 Å². The number of para-hydroxylation sites is 1. The first-order valence-corrected chi connectivity index (χ1v) is 6.52. The van der Waals surface area contributed by atoms with Gasteiger partial charge >= 0.3 is 0 Å². The van der Waals surface area contributed by atoms with Crippen molar-refractivity contribution in [1.29, 1.82) is 0 Å². The number of hydrogen-bond acceptors (Lipinski definition) is 3. The van der Waals surface area contributed by atoms with Crippen LogP contribution in [0.1, 0.15) is 26.6 Å². The fourth-order valence-corrected chi connectivity index (χ4v) is 2.11. The largest absolute Gasteiger partial charge is 0.392 e. The molecule has 2 rings (SSSR count). The molecule has 1 aromatic heterocycles. The zero-order valence-electron chi connectivity index (χ0n) is 11.5. The van der Waals surface area contributed by atoms with E-state index < -0.39 is 6.10 Å². The second kappa shape index (κ2) is 5.67. The van der Waals surface area contributed by atoms with Gasteiger partial charge in [-0.15, -0.1) is 0 Å². The summed E-state index contributed by atoms with van der Waals surface area (Å²) in [4.78, 5) is 9.51. The summed E-state index contributed by atoms with van der Waals surface area (Å²) < 4.78 is 13.6. The van der Waals surface area contributed by atoms with Crippen LogP contribution in [-0.4, -0.2) is 38.7 Å². The maximum atomic E-state index is 13.6. The standard InChI is InChI=1S/C14H20FN3O/c1-9(2)18(7-10(3)19)8-13-16-12-6-4-5-11(15)14(12)17-13/h4-6,9-10,19H,7-8H2,1-3H3,(H,16,17). The van der Waals surface area contributed by atoms with E-state index in [-0.39, 0.29) is 11.9 Å². The third-order valence-electron chi connectivity index (χ3n) is 3.09. The number of nitrogens with one attached hydrogen (secondary N) is 1. The maximum Gasteiger partial charge on any atom is 0.151 e. The first-order chi connectivity index (χ1) is 8.97. The van der Waals surface area contributed by atoms with Crippen molar-refractivity contribution >= 4 is 11.0 Å². The molecule has 1 unspecified atom stereocenters. The minimum absolute atomic E-state index is 0.285. The molecule has 19 heavy (non-hydrogen) atoms. The van der Waals surface area contributed by atoms with Gasteiger partial charge in [0.05, 0.1) is 18.2 Å². The molecule has 5 heteroatoms. The van der Waals surface area contributed by atoms with E-state index in [1.807, 2.05) is 6.07 Å². The van der Waals surface area contributed by atoms with Gasteiger partial charge in [0.25, 0.3) is 0 Å². The fourth-order valence-electron chi connectivity index (χ4n) is 2.11. The summed E-state index contributed by atoms with van der Waals surface area (Å²) >= 11 is 0. The van der Waals surface area contributed by atoms with Gasteiger partial charge < -0.3 is 10.1 Å². The van der Waals surface area contributed by atoms with Gasteiger partial charge in [0.2, 0.25) is 0 Å². The van der Waals surface area contributed by atoms with Crippen molar-refractivity contribution < 1.29 is 9.50 Å². The van der Waals surface area contributed by atoms with Crippen molar-refractivity contribution in [2.45, 2.75) is 39.5 Å². The molecule has 1 atom stereocenters. The molecule has 2 N–H and O–H groups in total. The van der Waals surface area contributed by atoms with Crippen molar-refractivity contribution in [2.24, 2.45) is 0 Å². The lowest BCUT2D eigenvalue weighted by Gasteiger charge is -2.26. The summed E-state index contributed by atoms with van der Waals surface area (Å²) in [6.07, 6.45) is -0.400. The van der Waals surface area contributed by atoms with Gasteiger partial charge in [0.1, 0.15) is 11.3 Å². The molecule has 0 fully saturated rings. The predicted molar refractivity (Wildman–Crippen MR) is 73.3 cm³/mol. The molecule has 0 amide bonds. The number of aromatic nitrogens is 2. The molecule has 0 radical (unpaired) electrons. The van der Waals surface area contributed by atoms with Crippen LogP contribution < -0.4 is 0 Å². The molecule has 0 aliphatic carbocycles. The van der Waals surface area contributed by atoms with Gasteiger partial charge in [0, 0.05) is 12.6 Å². The van der Waals surface area contributed by atoms with Crippen molar-refractivity contribution in [1.82, 2.24) is 14.9 Å². The van der Waals surface area contributed by atoms with Crippen molar-refractivity contribution in [2.75, 3.05) is 6.54 Å². The Kier molecular flexibility index (Phi) is 4.17. The Labute approximate surface area is 112 Å². The third kappa shape index (κ3) is 3.30. The molecule has 104 valence electrons. The minimum atomic E-state index is -0.400. The molecule has 0 saturated heterocycles. The monoisotopic (exact) mass is 265 g/mol. The van der Waals surface area contributed by atoms with E-state index >= 15 is 0 Å². The molecular weight excluding hydrogens is 245 g/mol. The van der Waals surface area contributed by atoms with Crippen LogP contribution in [0.5, 0.6) is 0 Å². The molecule has 0 bridgehead atoms. The first-order valence-electron chi connectivity index (χ1n) is 6.52. The van der Waals surface area contributed by atoms with Crippen molar-refractivity contribution in [3.63, 3.8) is 0 Å². The number of nitrogens with zero attached hydrogens (tertiary/aromatic N) is 2. The highest BCUT2D eigenvalue weighted by atomic mass is 19.1. The average Bonchev–Trinajstić information content (AvgIpc) is 2.71. The lowest BCUT2D eigenvalue weighted by Crippen LogP contribution is -2.36. The Bertz CT molecular complexity index is 551. The number of halogens is 1. The Morgan fingerprint density at radius 1 is 1.37 bits per heavy atom. The number of hydrogen-bond donors (Lipinski definition) is 2. The minimum Gasteiger partial charge on any atom is -0.392 e. The normalized spacial score (nSPS) is 13.6. The second-order valence-electron chi connectivity index (χ2n) is 5.19. The summed E-state index contributed by atoms with van der Waals surface area (Å²) in [5, 5.41) is 9.50. The number of fused-ring (bicyclic) bond motifs is 1. The van der Waals surface area contributed by atoms with Crippen molar-refractivity contribution in [3.8, 4) is 0 Å². The van der Waals surface area contributed by atoms with Crippen LogP contribution in [0.4, 0.5) is 4.39 Å². The maximum absolute atomic E-state index is 13.6. The van der Waals surface area contributed by atoms with Gasteiger partial charge in [-0.2, -0.15) is 0 Å². The molecule has 0 spiro atoms. The Balaban J connectivity index is 2.21. The molecule has 0 aliphatic heterocycles. The summed E-state index contributed by atoms with van der Waals surface area (Å²) in [6, 6.07) is 5.16. The molecule has 0 aliphatic rings. The number of aliphatic hydroxyl groups is 1. The molecule has 0 saturated carbocycles. The summed E-state index contributed by atoms with van der Waals surface area (Å²) in [5.74, 6) is 0.404. The van der Waals surface area contributed by atoms with Crippen LogP contribution >= 0.6 is 0 Å². The lowest BCUT2D eigenvalue weighted by molar-refractivity contribution is 0.101. The molecular formula is C14H20FN3O. The van der Waals surface area contributed by atoms with Gasteiger partial charge in [-0.05, 0) is 32.9 Å². The van der Waals surface area contributed by atoms with E-state index in [0.29, 0.717) is 24.1 Å². The van der Waals surface area contributed by atoms with E-state index in [1.54, 1.807) is 13.0 Å². The molecule has 4 nitrogen and oxygen atoms in total. The molecule has 1 aromatic carbocycles. The van der Waals surface area contributed by atoms with Crippen LogP contribution in [0.15, 0.2) is 18.2 Å². The van der Waals surface area contributed by atoms with E-state index in [0.717, 1.165) is 5.82 Å². The smallest absolute Gasteiger partial charge is 0.151 e. The average molecular weight is 265 g/mol. The van der Waals surface area contributed by atoms with Gasteiger partial charge in [-0.3, -0.25) is 4.90 Å². The lowest BCUT2D eigenvalue weighted by atomic mass is 10.2. The van der Waals surface area contributed by atoms with Gasteiger partial charge in [0.15, 0.2) is 5.82 Å². The van der Waals surface area contributed by atoms with E-state index in [9.17, 15) is 9.50 Å². The summed E-state index contributed by atoms with van der Waals surface area (Å²) in [5.41, 5.74) is 1.08. The fraction of sp³-hybridized carbons (Fsp3) is 0.500. The second-order valence-corrected chi connectivity index (χ2v) is 5.19. The van der Waals surface area contributed by atoms with Crippen LogP contribution in [0, 0.1) is 5.82 Å². The SMILES string of the molecule is CC(O)CN(Cc1nc2c(F)cccc2[nH]1)C(C)C. The summed E-state index contributed by atoms with van der Waals surface area (Å²) in [7, 11) is 0. The highest BCUT2D eigenvalue weighted by Crippen LogP contribution is 2.16. The van der Waals surface area contributed by atoms with E-state index in [1.165, 1.54) is 6.07 Å². The number of imidazole rings is 1. The van der Waals surface area contributed by atoms with E-state index in [2.05, 4.69) is 28.7 Å². The van der Waals surface area contributed by atoms with Crippen LogP contribution in [0.2, 0.25) is 0 Å². The number of aromatic amines is 1. The number of benzene rings is 1. The van der Waals surface area contributed by atoms with Crippen LogP contribution in [0.3, 0.4) is 0 Å². The van der Waals surface area contributed by atoms with Gasteiger partial charge in [-0.1, -0.05) is 6.07 Å². The van der Waals surface area contributed by atoms with Crippen molar-refractivity contribution in [3.05, 3.63) is 29.8 Å². The zero-order chi connectivity index (χ0) is 14.0. The highest BCUT2D eigenvalue weighted by molar-refractivity contribution is 5.75. The van der Waals surface area contributed by atoms with Crippen LogP contribution in [0.25, 0.3) is 11.0 Å². The number of H-pyrrole nitrogens is 1. The number of rotatable bonds is 5. The Hall–Kier alpha value is -1.46. The Morgan fingerprint density at radius 2 is 2.11 bits per heavy atom. The molecule has 1 heterocycles. The Morgan fingerprint density at radius 3 is 2.68 bits per heavy atom. The quantitative estimate of drug-likeness (QED) is 0.872. The number of aliphatic hydroxyl groups excluding tert-OH is 1. The highest BCUT2D eigenvalue weighted by Gasteiger charge is 2.15. The topological polar surface area (TPSA) is 52.1 Å².